The predicted molar refractivity (Wildman–Crippen MR) is 120 cm³/mol. The van der Waals surface area contributed by atoms with Crippen molar-refractivity contribution < 1.29 is 4.79 Å². The Balaban J connectivity index is 1.62. The normalized spacial score (nSPS) is 10.6. The van der Waals surface area contributed by atoms with Crippen molar-refractivity contribution in [3.63, 3.8) is 0 Å². The van der Waals surface area contributed by atoms with Crippen LogP contribution in [-0.4, -0.2) is 15.4 Å². The molecule has 0 aliphatic carbocycles. The van der Waals surface area contributed by atoms with Gasteiger partial charge in [-0.05, 0) is 30.7 Å². The first kappa shape index (κ1) is 19.3. The lowest BCUT2D eigenvalue weighted by Gasteiger charge is -2.12. The highest BCUT2D eigenvalue weighted by molar-refractivity contribution is 6.02. The van der Waals surface area contributed by atoms with Gasteiger partial charge in [0.25, 0.3) is 5.56 Å². The molecule has 3 aromatic carbocycles. The Bertz CT molecular complexity index is 1240. The lowest BCUT2D eigenvalue weighted by Crippen LogP contribution is -2.25. The van der Waals surface area contributed by atoms with E-state index in [0.29, 0.717) is 11.4 Å². The van der Waals surface area contributed by atoms with Crippen molar-refractivity contribution in [3.8, 4) is 16.8 Å². The van der Waals surface area contributed by atoms with Gasteiger partial charge >= 0.3 is 6.03 Å². The van der Waals surface area contributed by atoms with E-state index < -0.39 is 6.03 Å². The second-order valence-electron chi connectivity index (χ2n) is 6.93. The molecule has 4 rings (SSSR count). The van der Waals surface area contributed by atoms with E-state index in [4.69, 9.17) is 0 Å². The number of hydrogen-bond donors (Lipinski definition) is 2. The SMILES string of the molecule is Cc1c(NC(=O)Nc2ccccc2-c2ccccc2)c(=O)n(-c2ccccc2)n1C. The first-order chi connectivity index (χ1) is 14.6. The van der Waals surface area contributed by atoms with Crippen LogP contribution in [0, 0.1) is 6.92 Å². The van der Waals surface area contributed by atoms with Crippen LogP contribution in [0.4, 0.5) is 16.2 Å². The van der Waals surface area contributed by atoms with Crippen molar-refractivity contribution in [2.75, 3.05) is 10.6 Å². The number of para-hydroxylation sites is 2. The number of amides is 2. The summed E-state index contributed by atoms with van der Waals surface area (Å²) in [6.45, 7) is 1.80. The van der Waals surface area contributed by atoms with Crippen LogP contribution in [0.25, 0.3) is 16.8 Å². The average molecular weight is 398 g/mol. The Morgan fingerprint density at radius 1 is 0.800 bits per heavy atom. The van der Waals surface area contributed by atoms with E-state index in [1.165, 1.54) is 4.68 Å². The standard InChI is InChI=1S/C24H22N4O2/c1-17-22(23(29)28(27(17)2)19-13-7-4-8-14-19)26-24(30)25-21-16-10-9-15-20(21)18-11-5-3-6-12-18/h3-16H,1-2H3,(H2,25,26,30). The Morgan fingerprint density at radius 3 is 2.10 bits per heavy atom. The topological polar surface area (TPSA) is 68.1 Å². The maximum atomic E-state index is 13.0. The summed E-state index contributed by atoms with van der Waals surface area (Å²) < 4.78 is 3.26. The Hall–Kier alpha value is -4.06. The van der Waals surface area contributed by atoms with Crippen molar-refractivity contribution in [1.29, 1.82) is 0 Å². The summed E-state index contributed by atoms with van der Waals surface area (Å²) in [5.74, 6) is 0. The third-order valence-electron chi connectivity index (χ3n) is 5.05. The molecule has 0 unspecified atom stereocenters. The highest BCUT2D eigenvalue weighted by atomic mass is 16.2. The van der Waals surface area contributed by atoms with Crippen LogP contribution in [-0.2, 0) is 7.05 Å². The molecule has 1 heterocycles. The highest BCUT2D eigenvalue weighted by Crippen LogP contribution is 2.27. The van der Waals surface area contributed by atoms with Crippen molar-refractivity contribution in [3.05, 3.63) is 101 Å². The van der Waals surface area contributed by atoms with Gasteiger partial charge in [0.1, 0.15) is 5.69 Å². The third kappa shape index (κ3) is 3.63. The molecular weight excluding hydrogens is 376 g/mol. The molecule has 0 saturated carbocycles. The smallest absolute Gasteiger partial charge is 0.307 e. The predicted octanol–water partition coefficient (Wildman–Crippen LogP) is 4.80. The lowest BCUT2D eigenvalue weighted by molar-refractivity contribution is 0.262. The minimum Gasteiger partial charge on any atom is -0.307 e. The van der Waals surface area contributed by atoms with Crippen LogP contribution in [0.15, 0.2) is 89.7 Å². The second kappa shape index (κ2) is 8.13. The Labute approximate surface area is 174 Å². The van der Waals surface area contributed by atoms with Crippen molar-refractivity contribution in [1.82, 2.24) is 9.36 Å². The van der Waals surface area contributed by atoms with Crippen LogP contribution in [0.1, 0.15) is 5.69 Å². The number of carbonyl (C=O) groups excluding carboxylic acids is 1. The molecule has 0 atom stereocenters. The highest BCUT2D eigenvalue weighted by Gasteiger charge is 2.18. The summed E-state index contributed by atoms with van der Waals surface area (Å²) in [4.78, 5) is 25.7. The summed E-state index contributed by atoms with van der Waals surface area (Å²) in [5, 5.41) is 5.61. The first-order valence-corrected chi connectivity index (χ1v) is 9.62. The molecule has 0 bridgehead atoms. The number of hydrogen-bond acceptors (Lipinski definition) is 2. The minimum atomic E-state index is -0.468. The van der Waals surface area contributed by atoms with E-state index in [9.17, 15) is 9.59 Å². The number of urea groups is 1. The van der Waals surface area contributed by atoms with Gasteiger partial charge in [-0.3, -0.25) is 9.48 Å². The van der Waals surface area contributed by atoms with Gasteiger partial charge in [0, 0.05) is 12.6 Å². The van der Waals surface area contributed by atoms with Crippen LogP contribution in [0.3, 0.4) is 0 Å². The number of anilines is 2. The number of aromatic nitrogens is 2. The van der Waals surface area contributed by atoms with E-state index in [0.717, 1.165) is 16.8 Å². The van der Waals surface area contributed by atoms with E-state index >= 15 is 0 Å². The maximum Gasteiger partial charge on any atom is 0.323 e. The summed E-state index contributed by atoms with van der Waals surface area (Å²) >= 11 is 0. The van der Waals surface area contributed by atoms with Gasteiger partial charge in [0.15, 0.2) is 0 Å². The summed E-state index contributed by atoms with van der Waals surface area (Å²) in [5.41, 5.74) is 3.92. The Kier molecular flexibility index (Phi) is 5.22. The zero-order chi connectivity index (χ0) is 21.1. The van der Waals surface area contributed by atoms with Crippen LogP contribution >= 0.6 is 0 Å². The number of carbonyl (C=O) groups is 1. The molecule has 4 aromatic rings. The zero-order valence-corrected chi connectivity index (χ0v) is 16.8. The third-order valence-corrected chi connectivity index (χ3v) is 5.05. The average Bonchev–Trinajstić information content (AvgIpc) is 2.98. The summed E-state index contributed by atoms with van der Waals surface area (Å²) in [6.07, 6.45) is 0. The number of rotatable bonds is 4. The fraction of sp³-hybridized carbons (Fsp3) is 0.0833. The monoisotopic (exact) mass is 398 g/mol. The van der Waals surface area contributed by atoms with Gasteiger partial charge in [-0.1, -0.05) is 66.7 Å². The van der Waals surface area contributed by atoms with Crippen LogP contribution < -0.4 is 16.2 Å². The molecule has 0 aliphatic heterocycles. The Morgan fingerprint density at radius 2 is 1.40 bits per heavy atom. The molecule has 0 radical (unpaired) electrons. The fourth-order valence-corrected chi connectivity index (χ4v) is 3.44. The lowest BCUT2D eigenvalue weighted by atomic mass is 10.0. The molecule has 6 nitrogen and oxygen atoms in total. The molecule has 2 amide bonds. The molecule has 0 fully saturated rings. The van der Waals surface area contributed by atoms with E-state index in [2.05, 4.69) is 10.6 Å². The van der Waals surface area contributed by atoms with E-state index in [1.54, 1.807) is 18.7 Å². The summed E-state index contributed by atoms with van der Waals surface area (Å²) in [7, 11) is 1.79. The molecule has 1 aromatic heterocycles. The molecule has 2 N–H and O–H groups in total. The molecule has 30 heavy (non-hydrogen) atoms. The first-order valence-electron chi connectivity index (χ1n) is 9.62. The van der Waals surface area contributed by atoms with Gasteiger partial charge in [-0.2, -0.15) is 0 Å². The number of nitrogens with one attached hydrogen (secondary N) is 2. The van der Waals surface area contributed by atoms with Gasteiger partial charge in [0.2, 0.25) is 0 Å². The van der Waals surface area contributed by atoms with E-state index in [1.807, 2.05) is 84.9 Å². The van der Waals surface area contributed by atoms with Crippen LogP contribution in [0.5, 0.6) is 0 Å². The molecular formula is C24H22N4O2. The quantitative estimate of drug-likeness (QED) is 0.519. The summed E-state index contributed by atoms with van der Waals surface area (Å²) in [6, 6.07) is 26.2. The molecule has 0 spiro atoms. The number of nitrogens with zero attached hydrogens (tertiary/aromatic N) is 2. The second-order valence-corrected chi connectivity index (χ2v) is 6.93. The molecule has 150 valence electrons. The van der Waals surface area contributed by atoms with Gasteiger partial charge in [-0.25, -0.2) is 9.48 Å². The molecule has 0 saturated heterocycles. The van der Waals surface area contributed by atoms with Crippen LogP contribution in [0.2, 0.25) is 0 Å². The van der Waals surface area contributed by atoms with Crippen molar-refractivity contribution >= 4 is 17.4 Å². The van der Waals surface area contributed by atoms with Crippen molar-refractivity contribution in [2.45, 2.75) is 6.92 Å². The zero-order valence-electron chi connectivity index (χ0n) is 16.8. The molecule has 6 heteroatoms. The molecule has 0 aliphatic rings. The van der Waals surface area contributed by atoms with E-state index in [-0.39, 0.29) is 11.2 Å². The number of benzene rings is 3. The van der Waals surface area contributed by atoms with Gasteiger partial charge in [0.05, 0.1) is 17.1 Å². The largest absolute Gasteiger partial charge is 0.323 e. The van der Waals surface area contributed by atoms with Gasteiger partial charge in [-0.15, -0.1) is 0 Å². The maximum absolute atomic E-state index is 13.0. The van der Waals surface area contributed by atoms with Crippen molar-refractivity contribution in [2.24, 2.45) is 7.05 Å². The minimum absolute atomic E-state index is 0.246. The fourth-order valence-electron chi connectivity index (χ4n) is 3.44. The van der Waals surface area contributed by atoms with Gasteiger partial charge < -0.3 is 10.6 Å².